The van der Waals surface area contributed by atoms with E-state index >= 15 is 0 Å². The average molecular weight is 590 g/mol. The SMILES string of the molecule is CNC(=O)c1cccc(S(=O)(=O)Oc2ccc(-c3cncn3C3CCN(C(=O)c4ccc([N+](=O)[O-])cc4)CC3)cc2)c1. The van der Waals surface area contributed by atoms with Gasteiger partial charge in [0.2, 0.25) is 0 Å². The predicted molar refractivity (Wildman–Crippen MR) is 153 cm³/mol. The monoisotopic (exact) mass is 589 g/mol. The Kier molecular flexibility index (Phi) is 8.02. The minimum atomic E-state index is -4.17. The number of nitrogens with one attached hydrogen (secondary N) is 1. The zero-order valence-corrected chi connectivity index (χ0v) is 23.4. The van der Waals surface area contributed by atoms with Gasteiger partial charge in [0, 0.05) is 55.0 Å². The van der Waals surface area contributed by atoms with Crippen LogP contribution in [0.5, 0.6) is 5.75 Å². The number of carbonyl (C=O) groups is 2. The molecule has 0 bridgehead atoms. The summed E-state index contributed by atoms with van der Waals surface area (Å²) in [6, 6.07) is 17.9. The van der Waals surface area contributed by atoms with E-state index in [0.29, 0.717) is 31.5 Å². The lowest BCUT2D eigenvalue weighted by Crippen LogP contribution is -2.39. The van der Waals surface area contributed by atoms with Gasteiger partial charge < -0.3 is 19.0 Å². The molecule has 5 rings (SSSR count). The Bertz CT molecular complexity index is 1730. The first-order valence-electron chi connectivity index (χ1n) is 13.1. The molecule has 3 aromatic carbocycles. The van der Waals surface area contributed by atoms with Crippen molar-refractivity contribution in [1.29, 1.82) is 0 Å². The number of non-ortho nitro benzene ring substituents is 1. The van der Waals surface area contributed by atoms with E-state index in [2.05, 4.69) is 10.3 Å². The first kappa shape index (κ1) is 28.5. The molecule has 2 heterocycles. The third-order valence-electron chi connectivity index (χ3n) is 7.10. The highest BCUT2D eigenvalue weighted by Crippen LogP contribution is 2.31. The van der Waals surface area contributed by atoms with Crippen LogP contribution in [0.4, 0.5) is 5.69 Å². The summed E-state index contributed by atoms with van der Waals surface area (Å²) in [5.74, 6) is -0.455. The Morgan fingerprint density at radius 3 is 2.33 bits per heavy atom. The molecule has 1 saturated heterocycles. The van der Waals surface area contributed by atoms with Crippen molar-refractivity contribution in [2.45, 2.75) is 23.8 Å². The van der Waals surface area contributed by atoms with Crippen LogP contribution in [-0.2, 0) is 10.1 Å². The lowest BCUT2D eigenvalue weighted by Gasteiger charge is -2.33. The highest BCUT2D eigenvalue weighted by molar-refractivity contribution is 7.87. The van der Waals surface area contributed by atoms with Gasteiger partial charge in [-0.05, 0) is 67.4 Å². The first-order chi connectivity index (χ1) is 20.2. The smallest absolute Gasteiger partial charge is 0.339 e. The highest BCUT2D eigenvalue weighted by Gasteiger charge is 2.26. The fourth-order valence-corrected chi connectivity index (χ4v) is 5.85. The minimum absolute atomic E-state index is 0.0632. The molecule has 13 heteroatoms. The molecule has 0 atom stereocenters. The van der Waals surface area contributed by atoms with Crippen LogP contribution in [0.25, 0.3) is 11.3 Å². The lowest BCUT2D eigenvalue weighted by atomic mass is 10.0. The number of likely N-dealkylation sites (tertiary alicyclic amines) is 1. The number of nitro groups is 1. The lowest BCUT2D eigenvalue weighted by molar-refractivity contribution is -0.384. The molecule has 1 aliphatic rings. The van der Waals surface area contributed by atoms with Crippen molar-refractivity contribution < 1.29 is 27.1 Å². The third-order valence-corrected chi connectivity index (χ3v) is 8.35. The van der Waals surface area contributed by atoms with E-state index < -0.39 is 20.9 Å². The number of nitrogens with zero attached hydrogens (tertiary/aromatic N) is 4. The molecular weight excluding hydrogens is 562 g/mol. The number of rotatable bonds is 8. The Morgan fingerprint density at radius 1 is 1.00 bits per heavy atom. The summed E-state index contributed by atoms with van der Waals surface area (Å²) in [5.41, 5.74) is 2.19. The predicted octanol–water partition coefficient (Wildman–Crippen LogP) is 4.06. The van der Waals surface area contributed by atoms with Crippen LogP contribution in [0.3, 0.4) is 0 Å². The summed E-state index contributed by atoms with van der Waals surface area (Å²) in [6.45, 7) is 1.04. The molecule has 0 saturated carbocycles. The van der Waals surface area contributed by atoms with Crippen molar-refractivity contribution in [1.82, 2.24) is 19.8 Å². The number of aromatic nitrogens is 2. The van der Waals surface area contributed by atoms with Gasteiger partial charge in [-0.2, -0.15) is 8.42 Å². The van der Waals surface area contributed by atoms with Crippen LogP contribution < -0.4 is 9.50 Å². The fourth-order valence-electron chi connectivity index (χ4n) is 4.87. The summed E-state index contributed by atoms with van der Waals surface area (Å²) in [4.78, 5) is 41.1. The van der Waals surface area contributed by atoms with E-state index in [-0.39, 0.29) is 33.8 Å². The second kappa shape index (κ2) is 11.8. The van der Waals surface area contributed by atoms with E-state index in [1.165, 1.54) is 55.6 Å². The molecule has 4 aromatic rings. The third kappa shape index (κ3) is 6.00. The van der Waals surface area contributed by atoms with Crippen molar-refractivity contribution in [3.8, 4) is 17.0 Å². The van der Waals surface area contributed by atoms with Gasteiger partial charge in [0.25, 0.3) is 17.5 Å². The van der Waals surface area contributed by atoms with Crippen molar-refractivity contribution in [2.75, 3.05) is 20.1 Å². The number of hydrogen-bond donors (Lipinski definition) is 1. The molecule has 0 aliphatic carbocycles. The van der Waals surface area contributed by atoms with Crippen LogP contribution >= 0.6 is 0 Å². The van der Waals surface area contributed by atoms with Crippen LogP contribution in [0.15, 0.2) is 90.2 Å². The number of nitro benzene ring substituents is 1. The molecule has 0 unspecified atom stereocenters. The van der Waals surface area contributed by atoms with Crippen molar-refractivity contribution in [2.24, 2.45) is 0 Å². The van der Waals surface area contributed by atoms with Crippen molar-refractivity contribution in [3.05, 3.63) is 107 Å². The van der Waals surface area contributed by atoms with E-state index in [1.807, 2.05) is 4.57 Å². The second-order valence-corrected chi connectivity index (χ2v) is 11.2. The zero-order valence-electron chi connectivity index (χ0n) is 22.5. The molecule has 1 N–H and O–H groups in total. The molecule has 0 radical (unpaired) electrons. The van der Waals surface area contributed by atoms with Gasteiger partial charge >= 0.3 is 10.1 Å². The van der Waals surface area contributed by atoms with Crippen LogP contribution in [0.2, 0.25) is 0 Å². The van der Waals surface area contributed by atoms with Gasteiger partial charge in [0.05, 0.1) is 23.1 Å². The summed E-state index contributed by atoms with van der Waals surface area (Å²) >= 11 is 0. The van der Waals surface area contributed by atoms with Gasteiger partial charge in [-0.3, -0.25) is 19.7 Å². The van der Waals surface area contributed by atoms with Crippen LogP contribution in [0, 0.1) is 10.1 Å². The molecule has 216 valence electrons. The summed E-state index contributed by atoms with van der Waals surface area (Å²) in [5, 5.41) is 13.3. The Labute approximate surface area is 241 Å². The Morgan fingerprint density at radius 2 is 1.69 bits per heavy atom. The molecule has 42 heavy (non-hydrogen) atoms. The summed E-state index contributed by atoms with van der Waals surface area (Å²) in [7, 11) is -2.71. The maximum atomic E-state index is 12.9. The molecule has 1 fully saturated rings. The van der Waals surface area contributed by atoms with Gasteiger partial charge in [0.15, 0.2) is 0 Å². The average Bonchev–Trinajstić information content (AvgIpc) is 3.51. The van der Waals surface area contributed by atoms with Gasteiger partial charge in [-0.1, -0.05) is 6.07 Å². The molecule has 2 amide bonds. The quantitative estimate of drug-likeness (QED) is 0.183. The number of hydrogen-bond acceptors (Lipinski definition) is 8. The van der Waals surface area contributed by atoms with Crippen molar-refractivity contribution >= 4 is 27.6 Å². The van der Waals surface area contributed by atoms with Gasteiger partial charge in [-0.15, -0.1) is 0 Å². The Balaban J connectivity index is 1.24. The fraction of sp³-hybridized carbons (Fsp3) is 0.207. The maximum absolute atomic E-state index is 12.9. The summed E-state index contributed by atoms with van der Waals surface area (Å²) in [6.07, 6.45) is 4.85. The van der Waals surface area contributed by atoms with Crippen molar-refractivity contribution in [3.63, 3.8) is 0 Å². The highest BCUT2D eigenvalue weighted by atomic mass is 32.2. The topological polar surface area (TPSA) is 154 Å². The van der Waals surface area contributed by atoms with E-state index in [4.69, 9.17) is 4.18 Å². The van der Waals surface area contributed by atoms with Crippen LogP contribution in [0.1, 0.15) is 39.6 Å². The number of piperidine rings is 1. The summed E-state index contributed by atoms with van der Waals surface area (Å²) < 4.78 is 33.0. The van der Waals surface area contributed by atoms with E-state index in [0.717, 1.165) is 11.3 Å². The first-order valence-corrected chi connectivity index (χ1v) is 14.5. The zero-order chi connectivity index (χ0) is 29.9. The number of carbonyl (C=O) groups excluding carboxylic acids is 2. The van der Waals surface area contributed by atoms with E-state index in [1.54, 1.807) is 41.7 Å². The molecule has 0 spiro atoms. The normalized spacial score (nSPS) is 13.9. The number of amides is 2. The molecule has 1 aliphatic heterocycles. The van der Waals surface area contributed by atoms with Gasteiger partial charge in [0.1, 0.15) is 10.6 Å². The maximum Gasteiger partial charge on any atom is 0.339 e. The number of imidazole rings is 1. The van der Waals surface area contributed by atoms with E-state index in [9.17, 15) is 28.1 Å². The number of benzene rings is 3. The Hall–Kier alpha value is -5.04. The standard InChI is InChI=1S/C29H27N5O7S/c1-30-28(35)22-3-2-4-26(17-22)42(39,40)41-25-11-7-20(8-12-25)27-18-31-19-33(27)23-13-15-32(16-14-23)29(36)21-5-9-24(10-6-21)34(37)38/h2-12,17-19,23H,13-16H2,1H3,(H,30,35). The molecule has 1 aromatic heterocycles. The largest absolute Gasteiger partial charge is 0.379 e. The van der Waals surface area contributed by atoms with Gasteiger partial charge in [-0.25, -0.2) is 4.98 Å². The molecule has 12 nitrogen and oxygen atoms in total. The van der Waals surface area contributed by atoms with Crippen LogP contribution in [-0.4, -0.2) is 59.7 Å². The second-order valence-electron chi connectivity index (χ2n) is 9.68. The molecular formula is C29H27N5O7S. The minimum Gasteiger partial charge on any atom is -0.379 e.